The van der Waals surface area contributed by atoms with Crippen molar-refractivity contribution in [1.29, 1.82) is 0 Å². The maximum atomic E-state index is 11.1. The molecule has 0 saturated heterocycles. The van der Waals surface area contributed by atoms with Crippen LogP contribution in [0.2, 0.25) is 0 Å². The molecule has 0 aliphatic heterocycles. The average molecular weight is 432 g/mol. The van der Waals surface area contributed by atoms with Crippen LogP contribution in [0.25, 0.3) is 0 Å². The second-order valence-corrected chi connectivity index (χ2v) is 11.9. The van der Waals surface area contributed by atoms with Crippen LogP contribution < -0.4 is 0 Å². The number of phenols is 1. The van der Waals surface area contributed by atoms with Crippen molar-refractivity contribution in [2.45, 2.75) is 136 Å². The third-order valence-corrected chi connectivity index (χ3v) is 6.59. The van der Waals surface area contributed by atoms with Crippen molar-refractivity contribution >= 4 is 0 Å². The molecular formula is C29H53NO. The summed E-state index contributed by atoms with van der Waals surface area (Å²) in [6, 6.07) is 4.94. The van der Waals surface area contributed by atoms with E-state index in [1.807, 2.05) is 0 Å². The van der Waals surface area contributed by atoms with Crippen LogP contribution in [0, 0.1) is 0 Å². The lowest BCUT2D eigenvalue weighted by atomic mass is 9.77. The van der Waals surface area contributed by atoms with Gasteiger partial charge >= 0.3 is 0 Å². The lowest BCUT2D eigenvalue weighted by molar-refractivity contribution is 0.275. The summed E-state index contributed by atoms with van der Waals surface area (Å²) >= 11 is 0. The molecule has 180 valence electrons. The van der Waals surface area contributed by atoms with Gasteiger partial charge in [0.15, 0.2) is 0 Å². The van der Waals surface area contributed by atoms with Gasteiger partial charge in [-0.05, 0) is 60.2 Å². The molecule has 0 fully saturated rings. The van der Waals surface area contributed by atoms with Gasteiger partial charge in [0.2, 0.25) is 0 Å². The number of benzene rings is 1. The number of unbranched alkanes of at least 4 members (excludes halogenated alkanes) is 9. The van der Waals surface area contributed by atoms with Crippen LogP contribution in [-0.4, -0.2) is 24.1 Å². The average Bonchev–Trinajstić information content (AvgIpc) is 2.64. The monoisotopic (exact) mass is 431 g/mol. The van der Waals surface area contributed by atoms with Gasteiger partial charge in [-0.1, -0.05) is 113 Å². The van der Waals surface area contributed by atoms with Crippen LogP contribution >= 0.6 is 0 Å². The SMILES string of the molecule is CCCCCCCCCCCCC(c1cc(C(C)(C)C)c(O)c(C(C)(C)C)c1)N(C)C. The van der Waals surface area contributed by atoms with Gasteiger partial charge in [-0.25, -0.2) is 0 Å². The predicted octanol–water partition coefficient (Wildman–Crippen LogP) is 8.90. The Bertz CT molecular complexity index is 598. The molecule has 0 radical (unpaired) electrons. The standard InChI is InChI=1S/C29H53NO/c1-10-11-12-13-14-15-16-17-18-19-20-26(30(8)9)23-21-24(28(2,3)4)27(31)25(22-23)29(5,6)7/h21-22,26,31H,10-20H2,1-9H3. The summed E-state index contributed by atoms with van der Waals surface area (Å²) in [5.74, 6) is 0.486. The molecule has 2 nitrogen and oxygen atoms in total. The zero-order valence-electron chi connectivity index (χ0n) is 22.4. The first-order valence-corrected chi connectivity index (χ1v) is 12.9. The Labute approximate surface area is 194 Å². The molecule has 31 heavy (non-hydrogen) atoms. The predicted molar refractivity (Wildman–Crippen MR) is 138 cm³/mol. The van der Waals surface area contributed by atoms with Crippen molar-refractivity contribution in [1.82, 2.24) is 4.90 Å². The minimum atomic E-state index is -0.0753. The van der Waals surface area contributed by atoms with E-state index in [0.717, 1.165) is 11.1 Å². The van der Waals surface area contributed by atoms with E-state index in [9.17, 15) is 5.11 Å². The number of hydrogen-bond acceptors (Lipinski definition) is 2. The van der Waals surface area contributed by atoms with Gasteiger partial charge in [0, 0.05) is 6.04 Å². The first kappa shape index (κ1) is 28.0. The minimum absolute atomic E-state index is 0.0753. The molecule has 0 saturated carbocycles. The largest absolute Gasteiger partial charge is 0.507 e. The number of rotatable bonds is 13. The Morgan fingerprint density at radius 1 is 0.710 bits per heavy atom. The molecule has 0 aliphatic carbocycles. The normalized spacial score (nSPS) is 13.7. The van der Waals surface area contributed by atoms with Gasteiger partial charge in [0.05, 0.1) is 0 Å². The fourth-order valence-corrected chi connectivity index (χ4v) is 4.54. The molecule has 0 spiro atoms. The molecular weight excluding hydrogens is 378 g/mol. The number of nitrogens with zero attached hydrogens (tertiary/aromatic N) is 1. The summed E-state index contributed by atoms with van der Waals surface area (Å²) in [6.07, 6.45) is 14.9. The third kappa shape index (κ3) is 9.56. The lowest BCUT2D eigenvalue weighted by Crippen LogP contribution is -2.23. The quantitative estimate of drug-likeness (QED) is 0.315. The molecule has 1 atom stereocenters. The highest BCUT2D eigenvalue weighted by Crippen LogP contribution is 2.42. The second kappa shape index (κ2) is 12.9. The topological polar surface area (TPSA) is 23.5 Å². The van der Waals surface area contributed by atoms with Crippen LogP contribution in [-0.2, 0) is 10.8 Å². The van der Waals surface area contributed by atoms with Crippen LogP contribution in [0.15, 0.2) is 12.1 Å². The van der Waals surface area contributed by atoms with Crippen molar-refractivity contribution in [3.63, 3.8) is 0 Å². The summed E-state index contributed by atoms with van der Waals surface area (Å²) in [7, 11) is 4.39. The van der Waals surface area contributed by atoms with Gasteiger partial charge in [-0.3, -0.25) is 0 Å². The molecule has 0 aliphatic rings. The Hall–Kier alpha value is -1.02. The Balaban J connectivity index is 2.78. The highest BCUT2D eigenvalue weighted by Gasteiger charge is 2.28. The molecule has 1 N–H and O–H groups in total. The summed E-state index contributed by atoms with van der Waals surface area (Å²) in [4.78, 5) is 2.36. The van der Waals surface area contributed by atoms with Gasteiger partial charge in [-0.2, -0.15) is 0 Å². The van der Waals surface area contributed by atoms with Crippen molar-refractivity contribution in [2.24, 2.45) is 0 Å². The molecule has 2 heteroatoms. The van der Waals surface area contributed by atoms with E-state index in [1.165, 1.54) is 76.2 Å². The smallest absolute Gasteiger partial charge is 0.123 e. The van der Waals surface area contributed by atoms with Gasteiger partial charge in [0.25, 0.3) is 0 Å². The van der Waals surface area contributed by atoms with Crippen LogP contribution in [0.4, 0.5) is 0 Å². The maximum absolute atomic E-state index is 11.1. The van der Waals surface area contributed by atoms with Crippen LogP contribution in [0.1, 0.15) is 142 Å². The Morgan fingerprint density at radius 2 is 1.10 bits per heavy atom. The molecule has 0 amide bonds. The second-order valence-electron chi connectivity index (χ2n) is 11.9. The highest BCUT2D eigenvalue weighted by molar-refractivity contribution is 5.50. The maximum Gasteiger partial charge on any atom is 0.123 e. The van der Waals surface area contributed by atoms with Crippen molar-refractivity contribution in [3.05, 3.63) is 28.8 Å². The van der Waals surface area contributed by atoms with E-state index in [1.54, 1.807) is 0 Å². The van der Waals surface area contributed by atoms with Gasteiger partial charge < -0.3 is 10.0 Å². The number of aromatic hydroxyl groups is 1. The van der Waals surface area contributed by atoms with E-state index in [-0.39, 0.29) is 10.8 Å². The van der Waals surface area contributed by atoms with Crippen LogP contribution in [0.3, 0.4) is 0 Å². The van der Waals surface area contributed by atoms with Crippen molar-refractivity contribution in [3.8, 4) is 5.75 Å². The Kier molecular flexibility index (Phi) is 11.6. The van der Waals surface area contributed by atoms with E-state index < -0.39 is 0 Å². The third-order valence-electron chi connectivity index (χ3n) is 6.59. The van der Waals surface area contributed by atoms with E-state index in [2.05, 4.69) is 79.6 Å². The van der Waals surface area contributed by atoms with E-state index >= 15 is 0 Å². The fourth-order valence-electron chi connectivity index (χ4n) is 4.54. The molecule has 1 rings (SSSR count). The number of phenolic OH excluding ortho intramolecular Hbond substituents is 1. The lowest BCUT2D eigenvalue weighted by Gasteiger charge is -2.32. The first-order chi connectivity index (χ1) is 14.4. The summed E-state index contributed by atoms with van der Waals surface area (Å²) in [6.45, 7) is 15.5. The summed E-state index contributed by atoms with van der Waals surface area (Å²) in [5, 5.41) is 11.1. The molecule has 0 aromatic heterocycles. The van der Waals surface area contributed by atoms with E-state index in [0.29, 0.717) is 11.8 Å². The number of hydrogen-bond donors (Lipinski definition) is 1. The Morgan fingerprint density at radius 3 is 1.45 bits per heavy atom. The molecule has 1 aromatic carbocycles. The zero-order chi connectivity index (χ0) is 23.7. The highest BCUT2D eigenvalue weighted by atomic mass is 16.3. The molecule has 0 bridgehead atoms. The van der Waals surface area contributed by atoms with E-state index in [4.69, 9.17) is 0 Å². The van der Waals surface area contributed by atoms with Crippen molar-refractivity contribution in [2.75, 3.05) is 14.1 Å². The minimum Gasteiger partial charge on any atom is -0.507 e. The zero-order valence-corrected chi connectivity index (χ0v) is 22.4. The summed E-state index contributed by atoms with van der Waals surface area (Å²) < 4.78 is 0. The first-order valence-electron chi connectivity index (χ1n) is 12.9. The molecule has 1 aromatic rings. The van der Waals surface area contributed by atoms with Crippen LogP contribution in [0.5, 0.6) is 5.75 Å². The van der Waals surface area contributed by atoms with Crippen molar-refractivity contribution < 1.29 is 5.11 Å². The fraction of sp³-hybridized carbons (Fsp3) is 0.793. The van der Waals surface area contributed by atoms with Gasteiger partial charge in [-0.15, -0.1) is 0 Å². The molecule has 0 heterocycles. The summed E-state index contributed by atoms with van der Waals surface area (Å²) in [5.41, 5.74) is 3.35. The molecule has 1 unspecified atom stereocenters. The van der Waals surface area contributed by atoms with Gasteiger partial charge in [0.1, 0.15) is 5.75 Å².